The van der Waals surface area contributed by atoms with Crippen LogP contribution in [0.15, 0.2) is 18.2 Å². The summed E-state index contributed by atoms with van der Waals surface area (Å²) in [7, 11) is 3.21. The smallest absolute Gasteiger partial charge is 0.225 e. The summed E-state index contributed by atoms with van der Waals surface area (Å²) in [6.07, 6.45) is 1.01. The number of hydrogen-bond acceptors (Lipinski definition) is 4. The fourth-order valence-electron chi connectivity index (χ4n) is 2.97. The molecule has 1 saturated heterocycles. The van der Waals surface area contributed by atoms with E-state index in [1.54, 1.807) is 19.1 Å². The van der Waals surface area contributed by atoms with Crippen LogP contribution in [0.2, 0.25) is 0 Å². The first-order chi connectivity index (χ1) is 12.3. The zero-order valence-corrected chi connectivity index (χ0v) is 16.4. The van der Waals surface area contributed by atoms with Crippen LogP contribution >= 0.6 is 0 Å². The lowest BCUT2D eigenvalue weighted by molar-refractivity contribution is -0.129. The molecule has 1 aromatic rings. The zero-order valence-electron chi connectivity index (χ0n) is 16.4. The fourth-order valence-corrected chi connectivity index (χ4v) is 2.97. The van der Waals surface area contributed by atoms with Gasteiger partial charge in [-0.2, -0.15) is 0 Å². The molecule has 0 saturated carbocycles. The van der Waals surface area contributed by atoms with E-state index in [2.05, 4.69) is 19.2 Å². The van der Waals surface area contributed by atoms with Gasteiger partial charge in [0.2, 0.25) is 11.8 Å². The molecule has 0 radical (unpaired) electrons. The first-order valence-electron chi connectivity index (χ1n) is 9.14. The molecule has 2 atom stereocenters. The van der Waals surface area contributed by atoms with Crippen molar-refractivity contribution in [3.05, 3.63) is 23.8 Å². The minimum absolute atomic E-state index is 0.0202. The van der Waals surface area contributed by atoms with E-state index < -0.39 is 0 Å². The second-order valence-electron chi connectivity index (χ2n) is 7.22. The first-order valence-corrected chi connectivity index (χ1v) is 9.14. The van der Waals surface area contributed by atoms with Crippen molar-refractivity contribution in [1.29, 1.82) is 0 Å². The Balaban J connectivity index is 1.91. The van der Waals surface area contributed by atoms with Crippen LogP contribution in [0.5, 0.6) is 11.5 Å². The van der Waals surface area contributed by atoms with E-state index in [0.717, 1.165) is 5.56 Å². The number of hydrogen-bond donors (Lipinski definition) is 1. The Kier molecular flexibility index (Phi) is 6.89. The van der Waals surface area contributed by atoms with E-state index in [0.29, 0.717) is 43.3 Å². The lowest BCUT2D eigenvalue weighted by Crippen LogP contribution is -2.40. The molecule has 2 amide bonds. The number of amides is 2. The van der Waals surface area contributed by atoms with Crippen LogP contribution in [-0.2, 0) is 16.0 Å². The van der Waals surface area contributed by atoms with Gasteiger partial charge in [0.1, 0.15) is 0 Å². The van der Waals surface area contributed by atoms with Gasteiger partial charge in [-0.05, 0) is 37.0 Å². The monoisotopic (exact) mass is 362 g/mol. The highest BCUT2D eigenvalue weighted by Gasteiger charge is 2.34. The van der Waals surface area contributed by atoms with Crippen LogP contribution in [0.4, 0.5) is 0 Å². The number of ether oxygens (including phenoxy) is 2. The predicted molar refractivity (Wildman–Crippen MR) is 100 cm³/mol. The summed E-state index contributed by atoms with van der Waals surface area (Å²) < 4.78 is 10.6. The van der Waals surface area contributed by atoms with Crippen LogP contribution in [-0.4, -0.2) is 50.1 Å². The van der Waals surface area contributed by atoms with Gasteiger partial charge < -0.3 is 19.7 Å². The molecule has 26 heavy (non-hydrogen) atoms. The summed E-state index contributed by atoms with van der Waals surface area (Å²) in [5.41, 5.74) is 1.07. The van der Waals surface area contributed by atoms with Crippen molar-refractivity contribution in [2.75, 3.05) is 27.3 Å². The van der Waals surface area contributed by atoms with Crippen LogP contribution in [0.1, 0.15) is 32.8 Å². The van der Waals surface area contributed by atoms with Gasteiger partial charge in [-0.15, -0.1) is 0 Å². The topological polar surface area (TPSA) is 67.9 Å². The molecule has 1 aromatic carbocycles. The third-order valence-corrected chi connectivity index (χ3v) is 5.07. The molecule has 0 aromatic heterocycles. The quantitative estimate of drug-likeness (QED) is 0.770. The van der Waals surface area contributed by atoms with Gasteiger partial charge in [0.05, 0.1) is 20.1 Å². The number of carbonyl (C=O) groups is 2. The maximum absolute atomic E-state index is 12.4. The average molecular weight is 362 g/mol. The highest BCUT2D eigenvalue weighted by atomic mass is 16.5. The molecule has 2 rings (SSSR count). The van der Waals surface area contributed by atoms with Gasteiger partial charge in [0, 0.05) is 25.6 Å². The molecule has 144 valence electrons. The molecule has 0 aliphatic carbocycles. The molecule has 0 bridgehead atoms. The molecule has 1 fully saturated rings. The van der Waals surface area contributed by atoms with Crippen molar-refractivity contribution in [2.45, 2.75) is 39.7 Å². The SMILES string of the molecule is COc1ccc(CCN2CC(C(=O)NC(C)C(C)C)CC2=O)cc1OC. The van der Waals surface area contributed by atoms with Crippen LogP contribution < -0.4 is 14.8 Å². The Labute approximate surface area is 155 Å². The van der Waals surface area contributed by atoms with Crippen molar-refractivity contribution < 1.29 is 19.1 Å². The number of nitrogens with one attached hydrogen (secondary N) is 1. The largest absolute Gasteiger partial charge is 0.493 e. The van der Waals surface area contributed by atoms with Crippen molar-refractivity contribution in [1.82, 2.24) is 10.2 Å². The second-order valence-corrected chi connectivity index (χ2v) is 7.22. The molecular weight excluding hydrogens is 332 g/mol. The number of benzene rings is 1. The molecule has 1 aliphatic rings. The summed E-state index contributed by atoms with van der Waals surface area (Å²) in [6.45, 7) is 7.22. The minimum Gasteiger partial charge on any atom is -0.493 e. The highest BCUT2D eigenvalue weighted by Crippen LogP contribution is 2.28. The van der Waals surface area contributed by atoms with Gasteiger partial charge in [0.15, 0.2) is 11.5 Å². The molecule has 0 spiro atoms. The molecule has 6 heteroatoms. The summed E-state index contributed by atoms with van der Waals surface area (Å²) >= 11 is 0. The van der Waals surface area contributed by atoms with Crippen molar-refractivity contribution in [3.8, 4) is 11.5 Å². The van der Waals surface area contributed by atoms with Crippen LogP contribution in [0.3, 0.4) is 0 Å². The third-order valence-electron chi connectivity index (χ3n) is 5.07. The Morgan fingerprint density at radius 2 is 1.92 bits per heavy atom. The maximum Gasteiger partial charge on any atom is 0.225 e. The third kappa shape index (κ3) is 4.90. The maximum atomic E-state index is 12.4. The Morgan fingerprint density at radius 1 is 1.23 bits per heavy atom. The van der Waals surface area contributed by atoms with Crippen molar-refractivity contribution >= 4 is 11.8 Å². The molecule has 1 N–H and O–H groups in total. The Hall–Kier alpha value is -2.24. The normalized spacial score (nSPS) is 18.2. The molecule has 6 nitrogen and oxygen atoms in total. The van der Waals surface area contributed by atoms with E-state index >= 15 is 0 Å². The number of carbonyl (C=O) groups excluding carboxylic acids is 2. The van der Waals surface area contributed by atoms with E-state index in [9.17, 15) is 9.59 Å². The van der Waals surface area contributed by atoms with Gasteiger partial charge in [-0.3, -0.25) is 9.59 Å². The number of rotatable bonds is 8. The van der Waals surface area contributed by atoms with E-state index in [1.165, 1.54) is 0 Å². The second kappa shape index (κ2) is 8.92. The highest BCUT2D eigenvalue weighted by molar-refractivity contribution is 5.89. The number of methoxy groups -OCH3 is 2. The molecule has 2 unspecified atom stereocenters. The van der Waals surface area contributed by atoms with Gasteiger partial charge in [-0.1, -0.05) is 19.9 Å². The molecule has 1 heterocycles. The number of nitrogens with zero attached hydrogens (tertiary/aromatic N) is 1. The summed E-state index contributed by atoms with van der Waals surface area (Å²) in [5, 5.41) is 3.02. The first kappa shape index (κ1) is 20.1. The number of likely N-dealkylation sites (tertiary alicyclic amines) is 1. The summed E-state index contributed by atoms with van der Waals surface area (Å²) in [4.78, 5) is 26.4. The Morgan fingerprint density at radius 3 is 2.54 bits per heavy atom. The lowest BCUT2D eigenvalue weighted by atomic mass is 10.0. The average Bonchev–Trinajstić information content (AvgIpc) is 3.00. The predicted octanol–water partition coefficient (Wildman–Crippen LogP) is 2.26. The van der Waals surface area contributed by atoms with Gasteiger partial charge in [-0.25, -0.2) is 0 Å². The van der Waals surface area contributed by atoms with Crippen LogP contribution in [0.25, 0.3) is 0 Å². The van der Waals surface area contributed by atoms with Gasteiger partial charge in [0.25, 0.3) is 0 Å². The van der Waals surface area contributed by atoms with Crippen molar-refractivity contribution in [3.63, 3.8) is 0 Å². The van der Waals surface area contributed by atoms with E-state index in [1.807, 2.05) is 25.1 Å². The minimum atomic E-state index is -0.255. The fraction of sp³-hybridized carbons (Fsp3) is 0.600. The molecule has 1 aliphatic heterocycles. The summed E-state index contributed by atoms with van der Waals surface area (Å²) in [6, 6.07) is 5.87. The lowest BCUT2D eigenvalue weighted by Gasteiger charge is -2.20. The standard InChI is InChI=1S/C20H30N2O4/c1-13(2)14(3)21-20(24)16-11-19(23)22(12-16)9-8-15-6-7-17(25-4)18(10-15)26-5/h6-7,10,13-14,16H,8-9,11-12H2,1-5H3,(H,21,24). The van der Waals surface area contributed by atoms with E-state index in [4.69, 9.17) is 9.47 Å². The van der Waals surface area contributed by atoms with Crippen LogP contribution in [0, 0.1) is 11.8 Å². The zero-order chi connectivity index (χ0) is 19.3. The Bertz CT molecular complexity index is 645. The van der Waals surface area contributed by atoms with E-state index in [-0.39, 0.29) is 23.8 Å². The van der Waals surface area contributed by atoms with Gasteiger partial charge >= 0.3 is 0 Å². The van der Waals surface area contributed by atoms with Crippen molar-refractivity contribution in [2.24, 2.45) is 11.8 Å². The summed E-state index contributed by atoms with van der Waals surface area (Å²) in [5.74, 6) is 1.50. The molecular formula is C20H30N2O4.